The summed E-state index contributed by atoms with van der Waals surface area (Å²) >= 11 is 0. The van der Waals surface area contributed by atoms with E-state index < -0.39 is 29.5 Å². The molecule has 0 bridgehead atoms. The highest BCUT2D eigenvalue weighted by molar-refractivity contribution is 5.90. The fourth-order valence-corrected chi connectivity index (χ4v) is 3.43. The molecule has 2 aromatic rings. The molecular weight excluding hydrogens is 428 g/mol. The number of carboxylic acid groups (broad SMARTS) is 1. The molecule has 0 aliphatic heterocycles. The molecule has 0 spiro atoms. The van der Waals surface area contributed by atoms with Crippen LogP contribution in [0.3, 0.4) is 0 Å². The summed E-state index contributed by atoms with van der Waals surface area (Å²) in [6.45, 7) is 6.72. The molecule has 0 radical (unpaired) electrons. The molecule has 0 unspecified atom stereocenters. The predicted octanol–water partition coefficient (Wildman–Crippen LogP) is 2.55. The number of hydrogen-bond acceptors (Lipinski definition) is 6. The molecule has 0 saturated carbocycles. The maximum Gasteiger partial charge on any atom is 0.336 e. The average Bonchev–Trinajstić information content (AvgIpc) is 2.76. The normalized spacial score (nSPS) is 12.7. The third-order valence-corrected chi connectivity index (χ3v) is 5.43. The molecule has 1 aromatic heterocycles. The van der Waals surface area contributed by atoms with E-state index in [-0.39, 0.29) is 19.1 Å². The average molecular weight is 461 g/mol. The van der Waals surface area contributed by atoms with Gasteiger partial charge in [-0.05, 0) is 48.9 Å². The maximum absolute atomic E-state index is 12.3. The van der Waals surface area contributed by atoms with Crippen LogP contribution in [0, 0.1) is 12.8 Å². The molecule has 0 aliphatic rings. The SMILES string of the molecule is CCCCc1cc(=O)oc2cc(C)cc(OCC(=O)NCC(=O)N[C@H](C(=O)O)[C@@H](C)CC)c12. The largest absolute Gasteiger partial charge is 0.483 e. The second kappa shape index (κ2) is 12.0. The van der Waals surface area contributed by atoms with E-state index in [2.05, 4.69) is 17.6 Å². The molecule has 9 nitrogen and oxygen atoms in total. The standard InChI is InChI=1S/C24H32N2O7/c1-5-7-8-16-11-21(29)33-18-10-14(3)9-17(22(16)18)32-13-20(28)25-12-19(27)26-23(24(30)31)15(4)6-2/h9-11,15,23H,5-8,12-13H2,1-4H3,(H,25,28)(H,26,27)(H,30,31)/t15-,23-/m0/s1. The lowest BCUT2D eigenvalue weighted by atomic mass is 9.99. The first-order valence-corrected chi connectivity index (χ1v) is 11.1. The number of carbonyl (C=O) groups is 3. The van der Waals surface area contributed by atoms with Crippen molar-refractivity contribution in [2.24, 2.45) is 5.92 Å². The van der Waals surface area contributed by atoms with Gasteiger partial charge in [0.15, 0.2) is 6.61 Å². The third kappa shape index (κ3) is 7.34. The Bertz CT molecular complexity index is 1060. The van der Waals surface area contributed by atoms with E-state index in [1.54, 1.807) is 19.1 Å². The van der Waals surface area contributed by atoms with Gasteiger partial charge >= 0.3 is 11.6 Å². The number of carboxylic acids is 1. The van der Waals surface area contributed by atoms with Crippen molar-refractivity contribution in [1.29, 1.82) is 0 Å². The Labute approximate surface area is 192 Å². The molecule has 1 heterocycles. The molecule has 2 amide bonds. The molecule has 1 aromatic carbocycles. The smallest absolute Gasteiger partial charge is 0.336 e. The van der Waals surface area contributed by atoms with Gasteiger partial charge in [-0.25, -0.2) is 9.59 Å². The van der Waals surface area contributed by atoms with Gasteiger partial charge in [-0.15, -0.1) is 0 Å². The van der Waals surface area contributed by atoms with Crippen molar-refractivity contribution in [2.45, 2.75) is 59.4 Å². The van der Waals surface area contributed by atoms with Gasteiger partial charge in [0.2, 0.25) is 5.91 Å². The van der Waals surface area contributed by atoms with Crippen LogP contribution in [0.4, 0.5) is 0 Å². The number of hydrogen-bond donors (Lipinski definition) is 3. The topological polar surface area (TPSA) is 135 Å². The van der Waals surface area contributed by atoms with Crippen molar-refractivity contribution in [2.75, 3.05) is 13.2 Å². The molecule has 0 fully saturated rings. The molecule has 0 saturated heterocycles. The Morgan fingerprint density at radius 1 is 1.15 bits per heavy atom. The summed E-state index contributed by atoms with van der Waals surface area (Å²) in [5, 5.41) is 14.8. The Kier molecular flexibility index (Phi) is 9.44. The van der Waals surface area contributed by atoms with Gasteiger partial charge in [-0.3, -0.25) is 9.59 Å². The number of amides is 2. The molecule has 180 valence electrons. The number of unbranched alkanes of at least 4 members (excludes halogenated alkanes) is 1. The molecule has 2 rings (SSSR count). The van der Waals surface area contributed by atoms with Crippen LogP contribution in [-0.4, -0.2) is 42.1 Å². The number of benzene rings is 1. The van der Waals surface area contributed by atoms with Crippen LogP contribution in [0.1, 0.15) is 51.2 Å². The first-order chi connectivity index (χ1) is 15.7. The first-order valence-electron chi connectivity index (χ1n) is 11.1. The maximum atomic E-state index is 12.3. The Hall–Kier alpha value is -3.36. The van der Waals surface area contributed by atoms with Gasteiger partial charge in [0.05, 0.1) is 11.9 Å². The number of fused-ring (bicyclic) bond motifs is 1. The number of aryl methyl sites for hydroxylation is 2. The van der Waals surface area contributed by atoms with Gasteiger partial charge in [-0.2, -0.15) is 0 Å². The summed E-state index contributed by atoms with van der Waals surface area (Å²) in [7, 11) is 0. The molecule has 9 heteroatoms. The zero-order valence-corrected chi connectivity index (χ0v) is 19.5. The summed E-state index contributed by atoms with van der Waals surface area (Å²) in [6.07, 6.45) is 3.09. The zero-order valence-electron chi connectivity index (χ0n) is 19.5. The van der Waals surface area contributed by atoms with Crippen LogP contribution < -0.4 is 21.0 Å². The summed E-state index contributed by atoms with van der Waals surface area (Å²) in [5.41, 5.74) is 1.56. The van der Waals surface area contributed by atoms with Crippen LogP contribution in [-0.2, 0) is 20.8 Å². The van der Waals surface area contributed by atoms with E-state index in [1.165, 1.54) is 6.07 Å². The van der Waals surface area contributed by atoms with E-state index in [4.69, 9.17) is 9.15 Å². The third-order valence-electron chi connectivity index (χ3n) is 5.43. The predicted molar refractivity (Wildman–Crippen MR) is 123 cm³/mol. The number of nitrogens with one attached hydrogen (secondary N) is 2. The highest BCUT2D eigenvalue weighted by atomic mass is 16.5. The number of aliphatic carboxylic acids is 1. The highest BCUT2D eigenvalue weighted by Crippen LogP contribution is 2.30. The van der Waals surface area contributed by atoms with Crippen LogP contribution >= 0.6 is 0 Å². The second-order valence-electron chi connectivity index (χ2n) is 8.16. The van der Waals surface area contributed by atoms with E-state index in [9.17, 15) is 24.3 Å². The lowest BCUT2D eigenvalue weighted by Crippen LogP contribution is -2.48. The Morgan fingerprint density at radius 2 is 1.88 bits per heavy atom. The zero-order chi connectivity index (χ0) is 24.5. The second-order valence-corrected chi connectivity index (χ2v) is 8.16. The van der Waals surface area contributed by atoms with Gasteiger partial charge in [0, 0.05) is 6.07 Å². The quantitative estimate of drug-likeness (QED) is 0.414. The minimum absolute atomic E-state index is 0.248. The number of carbonyl (C=O) groups excluding carboxylic acids is 2. The Balaban J connectivity index is 2.06. The van der Waals surface area contributed by atoms with E-state index >= 15 is 0 Å². The fraction of sp³-hybridized carbons (Fsp3) is 0.500. The lowest BCUT2D eigenvalue weighted by molar-refractivity contribution is -0.143. The van der Waals surface area contributed by atoms with E-state index in [0.29, 0.717) is 29.6 Å². The van der Waals surface area contributed by atoms with Gasteiger partial charge in [-0.1, -0.05) is 33.6 Å². The van der Waals surface area contributed by atoms with E-state index in [1.807, 2.05) is 13.8 Å². The molecule has 0 aliphatic carbocycles. The minimum Gasteiger partial charge on any atom is -0.483 e. The van der Waals surface area contributed by atoms with Gasteiger partial charge < -0.3 is 24.9 Å². The number of ether oxygens (including phenoxy) is 1. The summed E-state index contributed by atoms with van der Waals surface area (Å²) < 4.78 is 11.1. The van der Waals surface area contributed by atoms with Gasteiger partial charge in [0.25, 0.3) is 5.91 Å². The highest BCUT2D eigenvalue weighted by Gasteiger charge is 2.25. The van der Waals surface area contributed by atoms with Crippen LogP contribution in [0.15, 0.2) is 27.4 Å². The lowest BCUT2D eigenvalue weighted by Gasteiger charge is -2.20. The van der Waals surface area contributed by atoms with Crippen molar-refractivity contribution in [3.8, 4) is 5.75 Å². The summed E-state index contributed by atoms with van der Waals surface area (Å²) in [6, 6.07) is 3.94. The van der Waals surface area contributed by atoms with Crippen molar-refractivity contribution in [3.63, 3.8) is 0 Å². The number of rotatable bonds is 12. The van der Waals surface area contributed by atoms with Crippen LogP contribution in [0.25, 0.3) is 11.0 Å². The van der Waals surface area contributed by atoms with Crippen LogP contribution in [0.2, 0.25) is 0 Å². The van der Waals surface area contributed by atoms with Crippen molar-refractivity contribution in [3.05, 3.63) is 39.7 Å². The molecular formula is C24H32N2O7. The molecule has 3 N–H and O–H groups in total. The summed E-state index contributed by atoms with van der Waals surface area (Å²) in [4.78, 5) is 47.6. The molecule has 2 atom stereocenters. The van der Waals surface area contributed by atoms with Crippen molar-refractivity contribution in [1.82, 2.24) is 10.6 Å². The first kappa shape index (κ1) is 25.9. The molecule has 33 heavy (non-hydrogen) atoms. The van der Waals surface area contributed by atoms with Crippen LogP contribution in [0.5, 0.6) is 5.75 Å². The summed E-state index contributed by atoms with van der Waals surface area (Å²) in [5.74, 6) is -2.09. The Morgan fingerprint density at radius 3 is 2.52 bits per heavy atom. The minimum atomic E-state index is -1.12. The monoisotopic (exact) mass is 460 g/mol. The van der Waals surface area contributed by atoms with Crippen molar-refractivity contribution >= 4 is 28.8 Å². The van der Waals surface area contributed by atoms with Crippen molar-refractivity contribution < 1.29 is 28.6 Å². The van der Waals surface area contributed by atoms with Gasteiger partial charge in [0.1, 0.15) is 17.4 Å². The van der Waals surface area contributed by atoms with E-state index in [0.717, 1.165) is 24.0 Å². The fourth-order valence-electron chi connectivity index (χ4n) is 3.43.